The molecule has 0 aliphatic carbocycles. The van der Waals surface area contributed by atoms with Gasteiger partial charge in [-0.1, -0.05) is 30.3 Å². The molecule has 2 aromatic rings. The Morgan fingerprint density at radius 2 is 1.24 bits per heavy atom. The minimum absolute atomic E-state index is 0.0321. The number of hydrogen-bond donors (Lipinski definition) is 4. The number of carbonyl (C=O) groups excluding carboxylic acids is 2. The molecule has 2 rings (SSSR count). The number of allylic oxidation sites excluding steroid dienone is 1. The lowest BCUT2D eigenvalue weighted by molar-refractivity contribution is -0.159. The highest BCUT2D eigenvalue weighted by molar-refractivity contribution is 5.96. The van der Waals surface area contributed by atoms with Gasteiger partial charge >= 0.3 is 17.9 Å². The summed E-state index contributed by atoms with van der Waals surface area (Å²) in [6.07, 6.45) is 1.92. The number of benzene rings is 2. The molecule has 2 atom stereocenters. The van der Waals surface area contributed by atoms with Crippen LogP contribution in [0.15, 0.2) is 60.7 Å². The van der Waals surface area contributed by atoms with Crippen LogP contribution in [-0.4, -0.2) is 50.2 Å². The second-order valence-corrected chi connectivity index (χ2v) is 7.04. The Kier molecular flexibility index (Phi) is 8.93. The van der Waals surface area contributed by atoms with Crippen LogP contribution in [0.5, 0.6) is 11.5 Å². The molecule has 0 aromatic heterocycles. The lowest BCUT2D eigenvalue weighted by atomic mass is 9.93. The summed E-state index contributed by atoms with van der Waals surface area (Å²) in [7, 11) is 0. The van der Waals surface area contributed by atoms with Crippen LogP contribution in [0.1, 0.15) is 24.0 Å². The maximum Gasteiger partial charge on any atom is 0.331 e. The van der Waals surface area contributed by atoms with Gasteiger partial charge in [0.25, 0.3) is 0 Å². The number of aliphatic carboxylic acids is 2. The van der Waals surface area contributed by atoms with Crippen molar-refractivity contribution in [3.05, 3.63) is 71.8 Å². The maximum absolute atomic E-state index is 12.3. The molecular weight excluding hydrogens is 432 g/mol. The molecule has 33 heavy (non-hydrogen) atoms. The first-order valence-electron chi connectivity index (χ1n) is 9.76. The molecule has 0 amide bonds. The number of carbonyl (C=O) groups is 4. The van der Waals surface area contributed by atoms with E-state index in [0.29, 0.717) is 11.1 Å². The molecule has 2 aromatic carbocycles. The summed E-state index contributed by atoms with van der Waals surface area (Å²) in [5.41, 5.74) is 1.13. The molecule has 0 heterocycles. The summed E-state index contributed by atoms with van der Waals surface area (Å²) in [6, 6.07) is 11.8. The van der Waals surface area contributed by atoms with Gasteiger partial charge in [0.05, 0.1) is 6.42 Å². The van der Waals surface area contributed by atoms with E-state index < -0.39 is 48.6 Å². The molecule has 0 bridgehead atoms. The van der Waals surface area contributed by atoms with Crippen LogP contribution in [0.3, 0.4) is 0 Å². The molecule has 0 saturated carbocycles. The Bertz CT molecular complexity index is 1050. The van der Waals surface area contributed by atoms with E-state index in [1.807, 2.05) is 0 Å². The maximum atomic E-state index is 12.3. The van der Waals surface area contributed by atoms with Crippen LogP contribution in [0.25, 0.3) is 12.2 Å². The Balaban J connectivity index is 2.10. The number of phenols is 2. The normalized spacial score (nSPS) is 13.0. The van der Waals surface area contributed by atoms with Crippen LogP contribution in [0, 0.1) is 5.92 Å². The number of aromatic hydroxyl groups is 2. The first-order valence-corrected chi connectivity index (χ1v) is 9.76. The Labute approximate surface area is 188 Å². The molecule has 9 heteroatoms. The molecule has 0 aliphatic rings. The molecule has 0 aliphatic heterocycles. The van der Waals surface area contributed by atoms with Gasteiger partial charge in [-0.3, -0.25) is 14.4 Å². The summed E-state index contributed by atoms with van der Waals surface area (Å²) in [5, 5.41) is 37.2. The number of esters is 1. The number of phenolic OH excluding ortho intramolecular Hbond substituents is 2. The fourth-order valence-electron chi connectivity index (χ4n) is 2.81. The van der Waals surface area contributed by atoms with Gasteiger partial charge in [-0.05, 0) is 47.5 Å². The van der Waals surface area contributed by atoms with E-state index in [0.717, 1.165) is 12.2 Å². The highest BCUT2D eigenvalue weighted by Gasteiger charge is 2.34. The van der Waals surface area contributed by atoms with Gasteiger partial charge in [-0.15, -0.1) is 0 Å². The third-order valence-corrected chi connectivity index (χ3v) is 4.49. The molecular formula is C24H22O9. The fourth-order valence-corrected chi connectivity index (χ4v) is 2.81. The highest BCUT2D eigenvalue weighted by Crippen LogP contribution is 2.20. The zero-order valence-corrected chi connectivity index (χ0v) is 17.3. The SMILES string of the molecule is O=C(O)C[C@H](OC(=O)/C=C/c1ccc(O)cc1)[C@@H](CC(=O)/C=C/c1ccc(O)cc1)C(=O)O. The van der Waals surface area contributed by atoms with E-state index in [2.05, 4.69) is 0 Å². The van der Waals surface area contributed by atoms with Gasteiger partial charge in [0.2, 0.25) is 0 Å². The van der Waals surface area contributed by atoms with E-state index in [1.165, 1.54) is 48.6 Å². The summed E-state index contributed by atoms with van der Waals surface area (Å²) in [5.74, 6) is -5.97. The second-order valence-electron chi connectivity index (χ2n) is 7.04. The van der Waals surface area contributed by atoms with Crippen molar-refractivity contribution in [1.82, 2.24) is 0 Å². The van der Waals surface area contributed by atoms with Crippen molar-refractivity contribution in [2.75, 3.05) is 0 Å². The molecule has 0 spiro atoms. The number of carboxylic acids is 2. The van der Waals surface area contributed by atoms with Crippen molar-refractivity contribution in [2.45, 2.75) is 18.9 Å². The third-order valence-electron chi connectivity index (χ3n) is 4.49. The number of hydrogen-bond acceptors (Lipinski definition) is 7. The molecule has 172 valence electrons. The van der Waals surface area contributed by atoms with E-state index in [4.69, 9.17) is 9.84 Å². The van der Waals surface area contributed by atoms with Crippen LogP contribution in [0.4, 0.5) is 0 Å². The molecule has 4 N–H and O–H groups in total. The molecule has 9 nitrogen and oxygen atoms in total. The van der Waals surface area contributed by atoms with Gasteiger partial charge in [0.1, 0.15) is 23.5 Å². The van der Waals surface area contributed by atoms with Crippen molar-refractivity contribution in [1.29, 1.82) is 0 Å². The van der Waals surface area contributed by atoms with Crippen molar-refractivity contribution in [3.63, 3.8) is 0 Å². The van der Waals surface area contributed by atoms with Gasteiger partial charge < -0.3 is 25.2 Å². The minimum atomic E-state index is -1.58. The van der Waals surface area contributed by atoms with Crippen LogP contribution < -0.4 is 0 Å². The van der Waals surface area contributed by atoms with Crippen LogP contribution in [0.2, 0.25) is 0 Å². The summed E-state index contributed by atoms with van der Waals surface area (Å²) < 4.78 is 5.07. The number of carboxylic acid groups (broad SMARTS) is 2. The number of ketones is 1. The highest BCUT2D eigenvalue weighted by atomic mass is 16.5. The smallest absolute Gasteiger partial charge is 0.331 e. The molecule has 0 radical (unpaired) electrons. The monoisotopic (exact) mass is 454 g/mol. The molecule has 0 fully saturated rings. The standard InChI is InChI=1S/C24H22O9/c25-17-7-1-15(2-8-17)5-11-19(27)13-20(24(31)32)21(14-22(28)29)33-23(30)12-6-16-3-9-18(26)10-4-16/h1-12,20-21,25-26H,13-14H2,(H,28,29)(H,31,32)/b11-5+,12-6+/t20-,21+/m1/s1. The molecule has 0 unspecified atom stereocenters. The van der Waals surface area contributed by atoms with E-state index in [9.17, 15) is 34.5 Å². The first kappa shape index (κ1) is 24.9. The summed E-state index contributed by atoms with van der Waals surface area (Å²) in [6.45, 7) is 0. The quantitative estimate of drug-likeness (QED) is 0.296. The zero-order chi connectivity index (χ0) is 24.4. The fraction of sp³-hybridized carbons (Fsp3) is 0.167. The zero-order valence-electron chi connectivity index (χ0n) is 17.3. The van der Waals surface area contributed by atoms with Crippen molar-refractivity contribution in [2.24, 2.45) is 5.92 Å². The minimum Gasteiger partial charge on any atom is -0.508 e. The Hall–Kier alpha value is -4.40. The van der Waals surface area contributed by atoms with Gasteiger partial charge in [0, 0.05) is 12.5 Å². The van der Waals surface area contributed by atoms with E-state index in [1.54, 1.807) is 12.1 Å². The third kappa shape index (κ3) is 8.70. The van der Waals surface area contributed by atoms with Gasteiger partial charge in [0.15, 0.2) is 5.78 Å². The van der Waals surface area contributed by atoms with Crippen molar-refractivity contribution in [3.8, 4) is 11.5 Å². The lowest BCUT2D eigenvalue weighted by Crippen LogP contribution is -2.35. The largest absolute Gasteiger partial charge is 0.508 e. The lowest BCUT2D eigenvalue weighted by Gasteiger charge is -2.21. The average molecular weight is 454 g/mol. The summed E-state index contributed by atoms with van der Waals surface area (Å²) >= 11 is 0. The average Bonchev–Trinajstić information content (AvgIpc) is 2.75. The molecule has 0 saturated heterocycles. The number of rotatable bonds is 11. The predicted molar refractivity (Wildman–Crippen MR) is 117 cm³/mol. The Morgan fingerprint density at radius 1 is 0.758 bits per heavy atom. The van der Waals surface area contributed by atoms with Crippen LogP contribution >= 0.6 is 0 Å². The number of ether oxygens (including phenoxy) is 1. The van der Waals surface area contributed by atoms with Crippen LogP contribution in [-0.2, 0) is 23.9 Å². The first-order chi connectivity index (χ1) is 15.6. The predicted octanol–water partition coefficient (Wildman–Crippen LogP) is 2.87. The summed E-state index contributed by atoms with van der Waals surface area (Å²) in [4.78, 5) is 47.4. The second kappa shape index (κ2) is 11.8. The van der Waals surface area contributed by atoms with Gasteiger partial charge in [-0.25, -0.2) is 4.79 Å². The van der Waals surface area contributed by atoms with Crippen molar-refractivity contribution < 1.29 is 44.3 Å². The Morgan fingerprint density at radius 3 is 1.70 bits per heavy atom. The van der Waals surface area contributed by atoms with E-state index >= 15 is 0 Å². The van der Waals surface area contributed by atoms with E-state index in [-0.39, 0.29) is 11.5 Å². The van der Waals surface area contributed by atoms with Gasteiger partial charge in [-0.2, -0.15) is 0 Å². The van der Waals surface area contributed by atoms with Crippen molar-refractivity contribution >= 4 is 35.8 Å². The topological polar surface area (TPSA) is 158 Å².